The zero-order valence-corrected chi connectivity index (χ0v) is 9.07. The summed E-state index contributed by atoms with van der Waals surface area (Å²) in [6.07, 6.45) is 0.983. The van der Waals surface area contributed by atoms with Crippen molar-refractivity contribution in [3.63, 3.8) is 0 Å². The van der Waals surface area contributed by atoms with Gasteiger partial charge in [0, 0.05) is 6.20 Å². The van der Waals surface area contributed by atoms with E-state index in [2.05, 4.69) is 10.3 Å². The van der Waals surface area contributed by atoms with Gasteiger partial charge in [-0.2, -0.15) is 0 Å². The van der Waals surface area contributed by atoms with Gasteiger partial charge in [-0.25, -0.2) is 9.78 Å². The molecule has 0 fully saturated rings. The van der Waals surface area contributed by atoms with Gasteiger partial charge in [-0.3, -0.25) is 5.32 Å². The molecule has 0 bridgehead atoms. The molecule has 0 aliphatic heterocycles. The van der Waals surface area contributed by atoms with Crippen LogP contribution in [0.15, 0.2) is 18.3 Å². The van der Waals surface area contributed by atoms with E-state index in [9.17, 15) is 4.79 Å². The van der Waals surface area contributed by atoms with E-state index in [4.69, 9.17) is 12.6 Å². The lowest BCUT2D eigenvalue weighted by Crippen LogP contribution is -2.29. The average molecular weight is 204 g/mol. The van der Waals surface area contributed by atoms with Crippen molar-refractivity contribution in [2.45, 2.75) is 26.4 Å². The van der Waals surface area contributed by atoms with Crippen molar-refractivity contribution in [3.8, 4) is 0 Å². The monoisotopic (exact) mass is 204 g/mol. The maximum atomic E-state index is 11.4. The van der Waals surface area contributed by atoms with Gasteiger partial charge in [0.25, 0.3) is 0 Å². The van der Waals surface area contributed by atoms with Crippen LogP contribution < -0.4 is 10.8 Å². The quantitative estimate of drug-likeness (QED) is 0.699. The Labute approximate surface area is 90.5 Å². The number of ether oxygens (including phenoxy) is 1. The van der Waals surface area contributed by atoms with Gasteiger partial charge in [0.1, 0.15) is 19.3 Å². The highest BCUT2D eigenvalue weighted by Crippen LogP contribution is 2.08. The first-order valence-corrected chi connectivity index (χ1v) is 4.59. The van der Waals surface area contributed by atoms with Crippen LogP contribution in [0.4, 0.5) is 10.6 Å². The Bertz CT molecular complexity index is 361. The lowest BCUT2D eigenvalue weighted by molar-refractivity contribution is 0.0635. The molecule has 0 spiro atoms. The molecular formula is C10H13BN2O2. The Morgan fingerprint density at radius 1 is 1.53 bits per heavy atom. The van der Waals surface area contributed by atoms with Gasteiger partial charge in [0.2, 0.25) is 0 Å². The van der Waals surface area contributed by atoms with Gasteiger partial charge >= 0.3 is 6.09 Å². The molecule has 1 rings (SSSR count). The average Bonchev–Trinajstić information content (AvgIpc) is 2.05. The molecule has 1 N–H and O–H groups in total. The number of nitrogens with one attached hydrogen (secondary N) is 1. The minimum atomic E-state index is -0.562. The lowest BCUT2D eigenvalue weighted by atomic mass is 9.97. The second-order valence-corrected chi connectivity index (χ2v) is 4.07. The van der Waals surface area contributed by atoms with E-state index in [0.29, 0.717) is 11.3 Å². The Kier molecular flexibility index (Phi) is 3.34. The molecule has 15 heavy (non-hydrogen) atoms. The zero-order chi connectivity index (χ0) is 11.5. The summed E-state index contributed by atoms with van der Waals surface area (Å²) in [5, 5.41) is 2.47. The van der Waals surface area contributed by atoms with Gasteiger partial charge in [-0.15, -0.1) is 0 Å². The highest BCUT2D eigenvalue weighted by atomic mass is 16.6. The summed E-state index contributed by atoms with van der Waals surface area (Å²) in [7, 11) is 5.60. The third-order valence-corrected chi connectivity index (χ3v) is 1.46. The molecule has 1 heterocycles. The molecule has 1 aromatic heterocycles. The van der Waals surface area contributed by atoms with Crippen LogP contribution >= 0.6 is 0 Å². The fourth-order valence-corrected chi connectivity index (χ4v) is 0.922. The first-order valence-electron chi connectivity index (χ1n) is 4.59. The molecule has 0 aliphatic carbocycles. The van der Waals surface area contributed by atoms with Crippen LogP contribution in [0.25, 0.3) is 0 Å². The molecule has 0 aliphatic rings. The SMILES string of the molecule is [B]c1cccnc1NC(=O)OC(C)(C)C. The van der Waals surface area contributed by atoms with Crippen molar-refractivity contribution in [1.29, 1.82) is 0 Å². The molecule has 4 nitrogen and oxygen atoms in total. The molecule has 78 valence electrons. The van der Waals surface area contributed by atoms with Crippen LogP contribution in [-0.2, 0) is 4.74 Å². The molecule has 0 unspecified atom stereocenters. The number of hydrogen-bond acceptors (Lipinski definition) is 3. The molecule has 0 aromatic carbocycles. The molecular weight excluding hydrogens is 191 g/mol. The maximum absolute atomic E-state index is 11.4. The molecule has 0 saturated carbocycles. The van der Waals surface area contributed by atoms with E-state index >= 15 is 0 Å². The van der Waals surface area contributed by atoms with E-state index in [0.717, 1.165) is 0 Å². The number of carbonyl (C=O) groups is 1. The first kappa shape index (κ1) is 11.6. The first-order chi connectivity index (χ1) is 6.88. The largest absolute Gasteiger partial charge is 0.444 e. The van der Waals surface area contributed by atoms with Crippen molar-refractivity contribution < 1.29 is 9.53 Å². The number of anilines is 1. The van der Waals surface area contributed by atoms with Crippen molar-refractivity contribution >= 4 is 25.2 Å². The van der Waals surface area contributed by atoms with Crippen molar-refractivity contribution in [2.75, 3.05) is 5.32 Å². The second kappa shape index (κ2) is 4.34. The molecule has 2 radical (unpaired) electrons. The van der Waals surface area contributed by atoms with E-state index < -0.39 is 11.7 Å². The van der Waals surface area contributed by atoms with Crippen LogP contribution in [0.5, 0.6) is 0 Å². The molecule has 0 saturated heterocycles. The normalized spacial score (nSPS) is 10.9. The van der Waals surface area contributed by atoms with E-state index in [1.54, 1.807) is 39.1 Å². The number of hydrogen-bond donors (Lipinski definition) is 1. The third-order valence-electron chi connectivity index (χ3n) is 1.46. The topological polar surface area (TPSA) is 51.2 Å². The minimum Gasteiger partial charge on any atom is -0.444 e. The lowest BCUT2D eigenvalue weighted by Gasteiger charge is -2.19. The van der Waals surface area contributed by atoms with Crippen molar-refractivity contribution in [3.05, 3.63) is 18.3 Å². The Hall–Kier alpha value is -1.52. The van der Waals surface area contributed by atoms with Crippen LogP contribution in [0.2, 0.25) is 0 Å². The Morgan fingerprint density at radius 3 is 2.73 bits per heavy atom. The van der Waals surface area contributed by atoms with Gasteiger partial charge in [-0.05, 0) is 26.8 Å². The standard InChI is InChI=1S/C10H13BN2O2/c1-10(2,3)15-9(14)13-8-7(11)5-4-6-12-8/h4-6H,1-3H3,(H,12,13,14). The molecule has 1 aromatic rings. The summed E-state index contributed by atoms with van der Waals surface area (Å²) >= 11 is 0. The molecule has 0 atom stereocenters. The number of rotatable bonds is 1. The van der Waals surface area contributed by atoms with Crippen LogP contribution in [0.1, 0.15) is 20.8 Å². The summed E-state index contributed by atoms with van der Waals surface area (Å²) in [6.45, 7) is 5.36. The van der Waals surface area contributed by atoms with E-state index in [-0.39, 0.29) is 0 Å². The van der Waals surface area contributed by atoms with E-state index in [1.165, 1.54) is 0 Å². The summed E-state index contributed by atoms with van der Waals surface area (Å²) in [5.74, 6) is 0.312. The zero-order valence-electron chi connectivity index (χ0n) is 9.07. The summed E-state index contributed by atoms with van der Waals surface area (Å²) in [6, 6.07) is 3.34. The van der Waals surface area contributed by atoms with Gasteiger partial charge in [-0.1, -0.05) is 11.5 Å². The minimum absolute atomic E-state index is 0.312. The fourth-order valence-electron chi connectivity index (χ4n) is 0.922. The van der Waals surface area contributed by atoms with E-state index in [1.807, 2.05) is 0 Å². The smallest absolute Gasteiger partial charge is 0.413 e. The number of amides is 1. The fraction of sp³-hybridized carbons (Fsp3) is 0.400. The van der Waals surface area contributed by atoms with Crippen LogP contribution in [-0.4, -0.2) is 24.5 Å². The third kappa shape index (κ3) is 4.02. The molecule has 1 amide bonds. The summed E-state index contributed by atoms with van der Waals surface area (Å²) in [4.78, 5) is 15.3. The predicted octanol–water partition coefficient (Wildman–Crippen LogP) is 1.22. The Morgan fingerprint density at radius 2 is 2.20 bits per heavy atom. The maximum Gasteiger partial charge on any atom is 0.413 e. The van der Waals surface area contributed by atoms with Crippen LogP contribution in [0, 0.1) is 0 Å². The Balaban J connectivity index is 2.64. The second-order valence-electron chi connectivity index (χ2n) is 4.07. The highest BCUT2D eigenvalue weighted by molar-refractivity contribution is 6.35. The van der Waals surface area contributed by atoms with Crippen molar-refractivity contribution in [1.82, 2.24) is 4.98 Å². The highest BCUT2D eigenvalue weighted by Gasteiger charge is 2.16. The van der Waals surface area contributed by atoms with Gasteiger partial charge in [0.05, 0.1) is 0 Å². The number of carbonyl (C=O) groups excluding carboxylic acids is 1. The molecule has 5 heteroatoms. The summed E-state index contributed by atoms with van der Waals surface area (Å²) in [5.41, 5.74) is -0.128. The number of aromatic nitrogens is 1. The predicted molar refractivity (Wildman–Crippen MR) is 59.5 cm³/mol. The number of nitrogens with zero attached hydrogens (tertiary/aromatic N) is 1. The number of pyridine rings is 1. The van der Waals surface area contributed by atoms with Gasteiger partial charge < -0.3 is 4.74 Å². The van der Waals surface area contributed by atoms with Gasteiger partial charge in [0.15, 0.2) is 0 Å². The van der Waals surface area contributed by atoms with Crippen molar-refractivity contribution in [2.24, 2.45) is 0 Å². The van der Waals surface area contributed by atoms with Crippen LogP contribution in [0.3, 0.4) is 0 Å². The summed E-state index contributed by atoms with van der Waals surface area (Å²) < 4.78 is 5.05.